The molecule has 1 saturated heterocycles. The predicted octanol–water partition coefficient (Wildman–Crippen LogP) is 3.06. The highest BCUT2D eigenvalue weighted by molar-refractivity contribution is 5.81. The van der Waals surface area contributed by atoms with Gasteiger partial charge in [-0.2, -0.15) is 0 Å². The van der Waals surface area contributed by atoms with Crippen molar-refractivity contribution in [2.24, 2.45) is 11.3 Å². The fourth-order valence-corrected chi connectivity index (χ4v) is 2.94. The Morgan fingerprint density at radius 1 is 1.24 bits per heavy atom. The fraction of sp³-hybridized carbons (Fsp3) is 0.611. The number of carbonyl (C=O) groups is 1. The first-order valence-electron chi connectivity index (χ1n) is 7.92. The second-order valence-corrected chi connectivity index (χ2v) is 7.44. The maximum Gasteiger partial charge on any atom is 0.225 e. The molecule has 3 nitrogen and oxygen atoms in total. The van der Waals surface area contributed by atoms with Crippen LogP contribution in [0.1, 0.15) is 39.7 Å². The maximum absolute atomic E-state index is 12.2. The fourth-order valence-electron chi connectivity index (χ4n) is 2.94. The Bertz CT molecular complexity index is 464. The number of hydrogen-bond acceptors (Lipinski definition) is 2. The molecule has 0 bridgehead atoms. The summed E-state index contributed by atoms with van der Waals surface area (Å²) < 4.78 is 0. The van der Waals surface area contributed by atoms with Crippen LogP contribution in [0.25, 0.3) is 0 Å². The molecule has 1 aliphatic rings. The van der Waals surface area contributed by atoms with Crippen LogP contribution in [0.5, 0.6) is 0 Å². The van der Waals surface area contributed by atoms with Gasteiger partial charge in [0, 0.05) is 31.1 Å². The summed E-state index contributed by atoms with van der Waals surface area (Å²) in [5.74, 6) is 0.772. The van der Waals surface area contributed by atoms with E-state index >= 15 is 0 Å². The average Bonchev–Trinajstić information content (AvgIpc) is 2.38. The summed E-state index contributed by atoms with van der Waals surface area (Å²) in [6.45, 7) is 11.2. The zero-order chi connectivity index (χ0) is 15.5. The lowest BCUT2D eigenvalue weighted by Crippen LogP contribution is -2.52. The van der Waals surface area contributed by atoms with Crippen LogP contribution in [0.15, 0.2) is 30.3 Å². The Labute approximate surface area is 128 Å². The Morgan fingerprint density at radius 3 is 2.52 bits per heavy atom. The van der Waals surface area contributed by atoms with Gasteiger partial charge >= 0.3 is 0 Å². The third-order valence-corrected chi connectivity index (χ3v) is 4.00. The van der Waals surface area contributed by atoms with Gasteiger partial charge < -0.3 is 5.32 Å². The van der Waals surface area contributed by atoms with Gasteiger partial charge in [0.15, 0.2) is 0 Å². The summed E-state index contributed by atoms with van der Waals surface area (Å²) in [5, 5.41) is 3.22. The highest BCUT2D eigenvalue weighted by atomic mass is 16.2. The van der Waals surface area contributed by atoms with E-state index in [-0.39, 0.29) is 17.4 Å². The van der Waals surface area contributed by atoms with Gasteiger partial charge in [-0.05, 0) is 17.9 Å². The zero-order valence-electron chi connectivity index (χ0n) is 13.7. The molecular formula is C18H28N2O. The summed E-state index contributed by atoms with van der Waals surface area (Å²) in [7, 11) is 0. The van der Waals surface area contributed by atoms with Crippen molar-refractivity contribution in [3.63, 3.8) is 0 Å². The average molecular weight is 288 g/mol. The summed E-state index contributed by atoms with van der Waals surface area (Å²) in [4.78, 5) is 14.6. The van der Waals surface area contributed by atoms with Crippen molar-refractivity contribution in [2.45, 2.75) is 46.7 Å². The maximum atomic E-state index is 12.2. The summed E-state index contributed by atoms with van der Waals surface area (Å²) in [5.41, 5.74) is 1.03. The quantitative estimate of drug-likeness (QED) is 0.927. The Balaban J connectivity index is 1.94. The molecular weight excluding hydrogens is 260 g/mol. The van der Waals surface area contributed by atoms with Crippen molar-refractivity contribution in [3.05, 3.63) is 35.9 Å². The first kappa shape index (κ1) is 16.0. The van der Waals surface area contributed by atoms with Crippen LogP contribution in [0.4, 0.5) is 0 Å². The number of nitrogens with zero attached hydrogens (tertiary/aromatic N) is 1. The Hall–Kier alpha value is -1.35. The Morgan fingerprint density at radius 2 is 1.90 bits per heavy atom. The molecule has 2 atom stereocenters. The van der Waals surface area contributed by atoms with Crippen molar-refractivity contribution in [2.75, 3.05) is 13.1 Å². The van der Waals surface area contributed by atoms with Crippen molar-refractivity contribution in [1.29, 1.82) is 0 Å². The predicted molar refractivity (Wildman–Crippen MR) is 86.9 cm³/mol. The van der Waals surface area contributed by atoms with E-state index in [4.69, 9.17) is 0 Å². The van der Waals surface area contributed by atoms with Gasteiger partial charge in [-0.15, -0.1) is 0 Å². The minimum Gasteiger partial charge on any atom is -0.352 e. The molecule has 1 N–H and O–H groups in total. The normalized spacial score (nSPS) is 23.8. The van der Waals surface area contributed by atoms with Gasteiger partial charge in [-0.25, -0.2) is 0 Å². The van der Waals surface area contributed by atoms with Gasteiger partial charge in [0.05, 0.1) is 0 Å². The lowest BCUT2D eigenvalue weighted by Gasteiger charge is -2.37. The van der Waals surface area contributed by atoms with Crippen molar-refractivity contribution in [1.82, 2.24) is 10.2 Å². The molecule has 1 aromatic rings. The molecule has 2 rings (SSSR count). The van der Waals surface area contributed by atoms with Crippen LogP contribution < -0.4 is 5.32 Å². The molecule has 1 heterocycles. The first-order chi connectivity index (χ1) is 9.84. The molecule has 0 radical (unpaired) electrons. The van der Waals surface area contributed by atoms with Gasteiger partial charge in [-0.1, -0.05) is 58.0 Å². The minimum absolute atomic E-state index is 0.154. The number of nitrogens with one attached hydrogen (secondary N) is 1. The molecule has 2 unspecified atom stereocenters. The van der Waals surface area contributed by atoms with E-state index in [1.54, 1.807) is 0 Å². The second kappa shape index (κ2) is 6.61. The van der Waals surface area contributed by atoms with Crippen LogP contribution in [0.2, 0.25) is 0 Å². The van der Waals surface area contributed by atoms with Crippen molar-refractivity contribution in [3.8, 4) is 0 Å². The van der Waals surface area contributed by atoms with Crippen LogP contribution in [-0.2, 0) is 11.3 Å². The number of rotatable bonds is 3. The van der Waals surface area contributed by atoms with E-state index in [1.807, 2.05) is 20.8 Å². The van der Waals surface area contributed by atoms with Crippen LogP contribution in [0.3, 0.4) is 0 Å². The third kappa shape index (κ3) is 4.85. The van der Waals surface area contributed by atoms with Gasteiger partial charge in [-0.3, -0.25) is 9.69 Å². The lowest BCUT2D eigenvalue weighted by atomic mass is 9.92. The smallest absolute Gasteiger partial charge is 0.225 e. The molecule has 1 fully saturated rings. The van der Waals surface area contributed by atoms with Crippen molar-refractivity contribution >= 4 is 5.91 Å². The lowest BCUT2D eigenvalue weighted by molar-refractivity contribution is -0.129. The molecule has 0 aromatic heterocycles. The molecule has 116 valence electrons. The molecule has 3 heteroatoms. The van der Waals surface area contributed by atoms with Crippen LogP contribution in [0, 0.1) is 11.3 Å². The topological polar surface area (TPSA) is 32.3 Å². The highest BCUT2D eigenvalue weighted by Gasteiger charge is 2.29. The number of likely N-dealkylation sites (tertiary alicyclic amines) is 1. The summed E-state index contributed by atoms with van der Waals surface area (Å²) >= 11 is 0. The van der Waals surface area contributed by atoms with Crippen LogP contribution in [-0.4, -0.2) is 29.9 Å². The minimum atomic E-state index is -0.315. The Kier molecular flexibility index (Phi) is 5.04. The number of carbonyl (C=O) groups excluding carboxylic acids is 1. The standard InChI is InChI=1S/C18H28N2O/c1-14-10-16(19-17(21)18(2,3)4)13-20(11-14)12-15-8-6-5-7-9-15/h5-9,14,16H,10-13H2,1-4H3,(H,19,21). The highest BCUT2D eigenvalue weighted by Crippen LogP contribution is 2.20. The van der Waals surface area contributed by atoms with E-state index in [0.717, 1.165) is 26.1 Å². The third-order valence-electron chi connectivity index (χ3n) is 4.00. The molecule has 0 aliphatic carbocycles. The largest absolute Gasteiger partial charge is 0.352 e. The monoisotopic (exact) mass is 288 g/mol. The first-order valence-corrected chi connectivity index (χ1v) is 7.92. The molecule has 0 spiro atoms. The van der Waals surface area contributed by atoms with Crippen molar-refractivity contribution < 1.29 is 4.79 Å². The van der Waals surface area contributed by atoms with Gasteiger partial charge in [0.1, 0.15) is 0 Å². The molecule has 21 heavy (non-hydrogen) atoms. The van der Waals surface area contributed by atoms with E-state index in [9.17, 15) is 4.79 Å². The second-order valence-electron chi connectivity index (χ2n) is 7.44. The molecule has 1 aliphatic heterocycles. The number of amides is 1. The molecule has 1 aromatic carbocycles. The van der Waals surface area contributed by atoms with E-state index < -0.39 is 0 Å². The number of hydrogen-bond donors (Lipinski definition) is 1. The number of benzene rings is 1. The molecule has 1 amide bonds. The summed E-state index contributed by atoms with van der Waals surface area (Å²) in [6, 6.07) is 10.8. The van der Waals surface area contributed by atoms with Crippen LogP contribution >= 0.6 is 0 Å². The SMILES string of the molecule is CC1CC(NC(=O)C(C)(C)C)CN(Cc2ccccc2)C1. The molecule has 0 saturated carbocycles. The van der Waals surface area contributed by atoms with E-state index in [2.05, 4.69) is 47.5 Å². The summed E-state index contributed by atoms with van der Waals surface area (Å²) in [6.07, 6.45) is 1.08. The van der Waals surface area contributed by atoms with Gasteiger partial charge in [0.2, 0.25) is 5.91 Å². The van der Waals surface area contributed by atoms with E-state index in [0.29, 0.717) is 5.92 Å². The van der Waals surface area contributed by atoms with Gasteiger partial charge in [0.25, 0.3) is 0 Å². The number of piperidine rings is 1. The zero-order valence-corrected chi connectivity index (χ0v) is 13.7. The van der Waals surface area contributed by atoms with E-state index in [1.165, 1.54) is 5.56 Å².